The van der Waals surface area contributed by atoms with Gasteiger partial charge < -0.3 is 4.90 Å². The molecule has 158 valence electrons. The van der Waals surface area contributed by atoms with E-state index < -0.39 is 10.0 Å². The molecule has 0 aromatic heterocycles. The molecule has 0 radical (unpaired) electrons. The Hall–Kier alpha value is -2.18. The van der Waals surface area contributed by atoms with E-state index in [0.717, 1.165) is 30.5 Å². The molecule has 2 aromatic carbocycles. The number of hydrogen-bond donors (Lipinski definition) is 1. The summed E-state index contributed by atoms with van der Waals surface area (Å²) < 4.78 is 27.7. The topological polar surface area (TPSA) is 66.5 Å². The highest BCUT2D eigenvalue weighted by molar-refractivity contribution is 7.89. The van der Waals surface area contributed by atoms with Crippen molar-refractivity contribution in [1.29, 1.82) is 0 Å². The van der Waals surface area contributed by atoms with Crippen molar-refractivity contribution < 1.29 is 13.2 Å². The van der Waals surface area contributed by atoms with Crippen molar-refractivity contribution in [2.75, 3.05) is 13.6 Å². The van der Waals surface area contributed by atoms with Gasteiger partial charge in [-0.25, -0.2) is 13.1 Å². The van der Waals surface area contributed by atoms with Gasteiger partial charge in [0.25, 0.3) is 5.91 Å². The van der Waals surface area contributed by atoms with E-state index in [4.69, 9.17) is 0 Å². The number of carbonyl (C=O) groups excluding carboxylic acids is 1. The predicted molar refractivity (Wildman–Crippen MR) is 117 cm³/mol. The molecule has 0 saturated carbocycles. The Morgan fingerprint density at radius 2 is 1.59 bits per heavy atom. The molecule has 5 nitrogen and oxygen atoms in total. The maximum Gasteiger partial charge on any atom is 0.253 e. The first-order chi connectivity index (χ1) is 13.5. The third-order valence-electron chi connectivity index (χ3n) is 4.89. The zero-order valence-electron chi connectivity index (χ0n) is 18.0. The van der Waals surface area contributed by atoms with E-state index in [9.17, 15) is 13.2 Å². The van der Waals surface area contributed by atoms with E-state index >= 15 is 0 Å². The van der Waals surface area contributed by atoms with Crippen LogP contribution in [-0.2, 0) is 22.0 Å². The number of nitrogens with one attached hydrogen (secondary N) is 1. The van der Waals surface area contributed by atoms with Gasteiger partial charge in [0.15, 0.2) is 0 Å². The fourth-order valence-corrected chi connectivity index (χ4v) is 3.90. The van der Waals surface area contributed by atoms with Crippen LogP contribution in [0.3, 0.4) is 0 Å². The molecule has 2 rings (SSSR count). The van der Waals surface area contributed by atoms with Gasteiger partial charge in [0.1, 0.15) is 0 Å². The molecular weight excluding hydrogens is 384 g/mol. The molecule has 0 aliphatic carbocycles. The van der Waals surface area contributed by atoms with Gasteiger partial charge in [0, 0.05) is 25.7 Å². The largest absolute Gasteiger partial charge is 0.342 e. The second kappa shape index (κ2) is 9.55. The minimum Gasteiger partial charge on any atom is -0.342 e. The summed E-state index contributed by atoms with van der Waals surface area (Å²) in [7, 11) is -1.80. The molecule has 0 fully saturated rings. The molecule has 0 aliphatic heterocycles. The minimum absolute atomic E-state index is 0.0236. The van der Waals surface area contributed by atoms with Gasteiger partial charge in [-0.3, -0.25) is 4.79 Å². The normalized spacial score (nSPS) is 12.0. The average Bonchev–Trinajstić information content (AvgIpc) is 2.70. The third-order valence-corrected chi connectivity index (χ3v) is 6.31. The Kier molecular flexibility index (Phi) is 7.60. The van der Waals surface area contributed by atoms with E-state index in [-0.39, 0.29) is 22.8 Å². The molecule has 1 amide bonds. The van der Waals surface area contributed by atoms with Crippen molar-refractivity contribution in [3.05, 3.63) is 65.2 Å². The van der Waals surface area contributed by atoms with Crippen LogP contribution >= 0.6 is 0 Å². The lowest BCUT2D eigenvalue weighted by Crippen LogP contribution is -2.27. The number of sulfonamides is 1. The van der Waals surface area contributed by atoms with Crippen LogP contribution in [0.1, 0.15) is 62.0 Å². The van der Waals surface area contributed by atoms with Crippen LogP contribution in [0.2, 0.25) is 0 Å². The molecular formula is C23H32N2O3S. The highest BCUT2D eigenvalue weighted by Gasteiger charge is 2.17. The fraction of sp³-hybridized carbons (Fsp3) is 0.435. The van der Waals surface area contributed by atoms with Crippen molar-refractivity contribution in [2.24, 2.45) is 0 Å². The SMILES string of the molecule is CCCCN(C)C(=O)c1ccc(CNS(=O)(=O)c2ccc(C(C)(C)C)cc2)cc1. The van der Waals surface area contributed by atoms with Crippen LogP contribution in [0.15, 0.2) is 53.4 Å². The summed E-state index contributed by atoms with van der Waals surface area (Å²) in [5.41, 5.74) is 2.46. The summed E-state index contributed by atoms with van der Waals surface area (Å²) in [6.07, 6.45) is 2.01. The number of nitrogens with zero attached hydrogens (tertiary/aromatic N) is 1. The lowest BCUT2D eigenvalue weighted by Gasteiger charge is -2.19. The maximum atomic E-state index is 12.6. The van der Waals surface area contributed by atoms with Gasteiger partial charge in [0.05, 0.1) is 4.90 Å². The monoisotopic (exact) mass is 416 g/mol. The fourth-order valence-electron chi connectivity index (χ4n) is 2.88. The molecule has 1 N–H and O–H groups in total. The first-order valence-electron chi connectivity index (χ1n) is 9.99. The summed E-state index contributed by atoms with van der Waals surface area (Å²) >= 11 is 0. The highest BCUT2D eigenvalue weighted by atomic mass is 32.2. The Morgan fingerprint density at radius 1 is 1.00 bits per heavy atom. The molecule has 0 aliphatic rings. The highest BCUT2D eigenvalue weighted by Crippen LogP contribution is 2.23. The first kappa shape index (κ1) is 23.1. The number of carbonyl (C=O) groups is 1. The van der Waals surface area contributed by atoms with Gasteiger partial charge in [-0.05, 0) is 47.2 Å². The molecule has 6 heteroatoms. The van der Waals surface area contributed by atoms with E-state index in [0.29, 0.717) is 5.56 Å². The van der Waals surface area contributed by atoms with Crippen LogP contribution in [0.5, 0.6) is 0 Å². The molecule has 0 bridgehead atoms. The van der Waals surface area contributed by atoms with Crippen LogP contribution in [0, 0.1) is 0 Å². The summed E-state index contributed by atoms with van der Waals surface area (Å²) in [6, 6.07) is 14.0. The summed E-state index contributed by atoms with van der Waals surface area (Å²) in [6.45, 7) is 9.25. The summed E-state index contributed by atoms with van der Waals surface area (Å²) in [5.74, 6) is -0.0236. The van der Waals surface area contributed by atoms with Crippen molar-refractivity contribution in [1.82, 2.24) is 9.62 Å². The maximum absolute atomic E-state index is 12.6. The van der Waals surface area contributed by atoms with E-state index in [1.807, 2.05) is 12.1 Å². The summed E-state index contributed by atoms with van der Waals surface area (Å²) in [5, 5.41) is 0. The zero-order chi connectivity index (χ0) is 21.7. The van der Waals surface area contributed by atoms with Crippen LogP contribution < -0.4 is 4.72 Å². The third kappa shape index (κ3) is 6.41. The van der Waals surface area contributed by atoms with Crippen LogP contribution in [-0.4, -0.2) is 32.8 Å². The van der Waals surface area contributed by atoms with Gasteiger partial charge in [-0.1, -0.05) is 58.4 Å². The van der Waals surface area contributed by atoms with Gasteiger partial charge in [0.2, 0.25) is 10.0 Å². The lowest BCUT2D eigenvalue weighted by atomic mass is 9.87. The summed E-state index contributed by atoms with van der Waals surface area (Å²) in [4.78, 5) is 14.3. The molecule has 0 atom stereocenters. The van der Waals surface area contributed by atoms with Crippen molar-refractivity contribution >= 4 is 15.9 Å². The van der Waals surface area contributed by atoms with Gasteiger partial charge in [-0.15, -0.1) is 0 Å². The number of benzene rings is 2. The average molecular weight is 417 g/mol. The van der Waals surface area contributed by atoms with Crippen LogP contribution in [0.4, 0.5) is 0 Å². The number of hydrogen-bond acceptors (Lipinski definition) is 3. The van der Waals surface area contributed by atoms with Crippen LogP contribution in [0.25, 0.3) is 0 Å². The Labute approximate surface area is 175 Å². The smallest absolute Gasteiger partial charge is 0.253 e. The predicted octanol–water partition coefficient (Wildman–Crippen LogP) is 4.33. The van der Waals surface area contributed by atoms with Gasteiger partial charge in [-0.2, -0.15) is 0 Å². The second-order valence-corrected chi connectivity index (χ2v) is 10.1. The van der Waals surface area contributed by atoms with E-state index in [2.05, 4.69) is 32.4 Å². The van der Waals surface area contributed by atoms with Crippen molar-refractivity contribution in [3.8, 4) is 0 Å². The Bertz CT molecular complexity index is 912. The second-order valence-electron chi connectivity index (χ2n) is 8.38. The lowest BCUT2D eigenvalue weighted by molar-refractivity contribution is 0.0793. The molecule has 2 aromatic rings. The Morgan fingerprint density at radius 3 is 2.10 bits per heavy atom. The van der Waals surface area contributed by atoms with Gasteiger partial charge >= 0.3 is 0 Å². The molecule has 0 saturated heterocycles. The first-order valence-corrected chi connectivity index (χ1v) is 11.5. The molecule has 0 unspecified atom stereocenters. The molecule has 0 heterocycles. The minimum atomic E-state index is -3.60. The Balaban J connectivity index is 2.01. The molecule has 0 spiro atoms. The number of amides is 1. The van der Waals surface area contributed by atoms with Crippen molar-refractivity contribution in [3.63, 3.8) is 0 Å². The van der Waals surface area contributed by atoms with E-state index in [1.54, 1.807) is 48.3 Å². The quantitative estimate of drug-likeness (QED) is 0.696. The number of rotatable bonds is 8. The molecule has 29 heavy (non-hydrogen) atoms. The van der Waals surface area contributed by atoms with E-state index in [1.165, 1.54) is 0 Å². The number of unbranched alkanes of at least 4 members (excludes halogenated alkanes) is 1. The standard InChI is InChI=1S/C23H32N2O3S/c1-6-7-16-25(5)22(26)19-10-8-18(9-11-19)17-24-29(27,28)21-14-12-20(13-15-21)23(2,3)4/h8-15,24H,6-7,16-17H2,1-5H3. The van der Waals surface area contributed by atoms with Crippen molar-refractivity contribution in [2.45, 2.75) is 57.4 Å². The zero-order valence-corrected chi connectivity index (χ0v) is 18.8.